The van der Waals surface area contributed by atoms with Crippen molar-refractivity contribution in [2.24, 2.45) is 28.6 Å². The first-order valence-corrected chi connectivity index (χ1v) is 12.1. The van der Waals surface area contributed by atoms with Crippen LogP contribution in [0, 0.1) is 28.6 Å². The fourth-order valence-electron chi connectivity index (χ4n) is 7.64. The van der Waals surface area contributed by atoms with Gasteiger partial charge in [0.2, 0.25) is 5.60 Å². The molecule has 0 spiro atoms. The van der Waals surface area contributed by atoms with E-state index in [4.69, 9.17) is 9.47 Å². The summed E-state index contributed by atoms with van der Waals surface area (Å²) in [6.45, 7) is 9.50. The molecule has 0 aliphatic heterocycles. The number of carboxylic acids is 1. The molecule has 9 atom stereocenters. The summed E-state index contributed by atoms with van der Waals surface area (Å²) in [5, 5.41) is 21.8. The topological polar surface area (TPSA) is 110 Å². The van der Waals surface area contributed by atoms with E-state index >= 15 is 8.78 Å². The first-order valence-electron chi connectivity index (χ1n) is 12.1. The lowest BCUT2D eigenvalue weighted by molar-refractivity contribution is -0.232. The maximum atomic E-state index is 17.2. The van der Waals surface area contributed by atoms with Crippen molar-refractivity contribution in [3.05, 3.63) is 23.8 Å². The lowest BCUT2D eigenvalue weighted by Crippen LogP contribution is -2.71. The summed E-state index contributed by atoms with van der Waals surface area (Å²) >= 11 is 0. The molecule has 0 unspecified atom stereocenters. The molecule has 3 fully saturated rings. The highest BCUT2D eigenvalue weighted by molar-refractivity contribution is 6.01. The number of carboxylic acid groups (broad SMARTS) is 1. The number of ether oxygens (including phenoxy) is 2. The SMILES string of the molecule is C[C@@H]1C[C@H]2[C@@H]3C[C@H](F)C4=CC(=O)C=C[C@]4(C)[C@@]3(F)[C@@H](O)C[C@]2(C)[C@@]1(OC(=O)OC(C)(C)C)C(=O)O. The summed E-state index contributed by atoms with van der Waals surface area (Å²) in [5.41, 5.74) is -8.38. The zero-order valence-electron chi connectivity index (χ0n) is 20.9. The fourth-order valence-corrected chi connectivity index (χ4v) is 7.64. The van der Waals surface area contributed by atoms with Crippen molar-refractivity contribution < 1.29 is 42.9 Å². The Morgan fingerprint density at radius 3 is 2.37 bits per heavy atom. The van der Waals surface area contributed by atoms with Crippen LogP contribution < -0.4 is 0 Å². The molecule has 0 aromatic carbocycles. The molecule has 4 rings (SSSR count). The molecule has 0 heterocycles. The number of fused-ring (bicyclic) bond motifs is 5. The second-order valence-electron chi connectivity index (χ2n) is 12.1. The minimum Gasteiger partial charge on any atom is -0.478 e. The number of alkyl halides is 2. The van der Waals surface area contributed by atoms with Crippen LogP contribution in [0.3, 0.4) is 0 Å². The van der Waals surface area contributed by atoms with Crippen molar-refractivity contribution in [2.75, 3.05) is 0 Å². The van der Waals surface area contributed by atoms with Gasteiger partial charge in [0, 0.05) is 22.7 Å². The summed E-state index contributed by atoms with van der Waals surface area (Å²) in [4.78, 5) is 37.4. The zero-order valence-corrected chi connectivity index (χ0v) is 20.9. The van der Waals surface area contributed by atoms with Gasteiger partial charge in [0.25, 0.3) is 0 Å². The van der Waals surface area contributed by atoms with E-state index in [0.29, 0.717) is 0 Å². The number of hydrogen-bond acceptors (Lipinski definition) is 6. The van der Waals surface area contributed by atoms with Crippen LogP contribution in [0.2, 0.25) is 0 Å². The Hall–Kier alpha value is -2.29. The molecule has 3 saturated carbocycles. The highest BCUT2D eigenvalue weighted by Gasteiger charge is 2.78. The standard InChI is InChI=1S/C26H34F2O7/c1-13-9-15-16-11-18(27)17-10-14(29)7-8-23(17,5)25(16,28)19(30)12-24(15,6)26(13,20(31)32)35-21(33)34-22(2,3)4/h7-8,10,13,15-16,18-19,30H,9,11-12H2,1-6H3,(H,31,32)/t13-,15+,16+,18+,19+,23+,24+,25+,26+/m1/s1. The molecule has 4 aliphatic carbocycles. The van der Waals surface area contributed by atoms with E-state index in [2.05, 4.69) is 0 Å². The van der Waals surface area contributed by atoms with Gasteiger partial charge in [-0.3, -0.25) is 4.79 Å². The van der Waals surface area contributed by atoms with Crippen LogP contribution in [0.5, 0.6) is 0 Å². The van der Waals surface area contributed by atoms with Gasteiger partial charge >= 0.3 is 12.1 Å². The number of aliphatic hydroxyl groups is 1. The predicted molar refractivity (Wildman–Crippen MR) is 121 cm³/mol. The van der Waals surface area contributed by atoms with E-state index in [-0.39, 0.29) is 24.8 Å². The Balaban J connectivity index is 1.82. The second-order valence-corrected chi connectivity index (χ2v) is 12.1. The van der Waals surface area contributed by atoms with Crippen LogP contribution in [0.25, 0.3) is 0 Å². The van der Waals surface area contributed by atoms with Crippen molar-refractivity contribution in [1.29, 1.82) is 0 Å². The normalized spacial score (nSPS) is 46.7. The Labute approximate surface area is 203 Å². The summed E-state index contributed by atoms with van der Waals surface area (Å²) in [6, 6.07) is 0. The largest absolute Gasteiger partial charge is 0.509 e. The minimum atomic E-state index is -2.34. The highest BCUT2D eigenvalue weighted by atomic mass is 19.1. The van der Waals surface area contributed by atoms with E-state index in [1.54, 1.807) is 34.6 Å². The van der Waals surface area contributed by atoms with E-state index in [0.717, 1.165) is 6.08 Å². The van der Waals surface area contributed by atoms with Gasteiger partial charge in [0.15, 0.2) is 11.5 Å². The number of carbonyl (C=O) groups is 3. The third kappa shape index (κ3) is 3.26. The molecule has 4 aliphatic rings. The Kier molecular flexibility index (Phi) is 5.60. The fraction of sp³-hybridized carbons (Fsp3) is 0.731. The van der Waals surface area contributed by atoms with Crippen LogP contribution >= 0.6 is 0 Å². The molecule has 0 saturated heterocycles. The molecule has 194 valence electrons. The van der Waals surface area contributed by atoms with Crippen LogP contribution in [-0.4, -0.2) is 57.3 Å². The molecule has 9 heteroatoms. The molecule has 0 radical (unpaired) electrons. The number of halogens is 2. The van der Waals surface area contributed by atoms with Gasteiger partial charge in [-0.05, 0) is 70.6 Å². The van der Waals surface area contributed by atoms with Gasteiger partial charge in [-0.1, -0.05) is 19.9 Å². The molecule has 7 nitrogen and oxygen atoms in total. The van der Waals surface area contributed by atoms with E-state index in [9.17, 15) is 24.6 Å². The van der Waals surface area contributed by atoms with Gasteiger partial charge in [-0.15, -0.1) is 0 Å². The summed E-state index contributed by atoms with van der Waals surface area (Å²) < 4.78 is 43.6. The van der Waals surface area contributed by atoms with Crippen LogP contribution in [0.15, 0.2) is 23.8 Å². The van der Waals surface area contributed by atoms with Crippen LogP contribution in [-0.2, 0) is 19.1 Å². The maximum Gasteiger partial charge on any atom is 0.509 e. The van der Waals surface area contributed by atoms with Crippen molar-refractivity contribution in [3.63, 3.8) is 0 Å². The summed E-state index contributed by atoms with van der Waals surface area (Å²) in [5.74, 6) is -4.41. The monoisotopic (exact) mass is 496 g/mol. The van der Waals surface area contributed by atoms with Gasteiger partial charge < -0.3 is 19.7 Å². The molecule has 0 bridgehead atoms. The maximum absolute atomic E-state index is 17.2. The van der Waals surface area contributed by atoms with Crippen LogP contribution in [0.1, 0.15) is 60.8 Å². The molecule has 2 N–H and O–H groups in total. The van der Waals surface area contributed by atoms with E-state index in [1.165, 1.54) is 19.1 Å². The van der Waals surface area contributed by atoms with E-state index in [1.807, 2.05) is 0 Å². The number of rotatable bonds is 2. The highest BCUT2D eigenvalue weighted by Crippen LogP contribution is 2.71. The van der Waals surface area contributed by atoms with Crippen molar-refractivity contribution in [3.8, 4) is 0 Å². The number of allylic oxidation sites excluding steroid dienone is 4. The third-order valence-corrected chi connectivity index (χ3v) is 9.12. The number of hydrogen-bond donors (Lipinski definition) is 2. The second kappa shape index (κ2) is 7.60. The first kappa shape index (κ1) is 25.8. The third-order valence-electron chi connectivity index (χ3n) is 9.12. The average molecular weight is 497 g/mol. The van der Waals surface area contributed by atoms with Gasteiger partial charge in [0.05, 0.1) is 6.10 Å². The Morgan fingerprint density at radius 2 is 1.80 bits per heavy atom. The number of aliphatic carboxylic acids is 1. The van der Waals surface area contributed by atoms with Crippen molar-refractivity contribution >= 4 is 17.9 Å². The Morgan fingerprint density at radius 1 is 1.17 bits per heavy atom. The van der Waals surface area contributed by atoms with Crippen LogP contribution in [0.4, 0.5) is 13.6 Å². The average Bonchev–Trinajstić information content (AvgIpc) is 2.92. The van der Waals surface area contributed by atoms with Crippen molar-refractivity contribution in [1.82, 2.24) is 0 Å². The van der Waals surface area contributed by atoms with Gasteiger partial charge in [-0.2, -0.15) is 0 Å². The summed E-state index contributed by atoms with van der Waals surface area (Å²) in [6.07, 6.45) is -1.38. The predicted octanol–water partition coefficient (Wildman–Crippen LogP) is 4.33. The number of aliphatic hydroxyl groups excluding tert-OH is 1. The lowest BCUT2D eigenvalue weighted by atomic mass is 9.44. The number of ketones is 1. The zero-order chi connectivity index (χ0) is 26.4. The molecule has 0 aromatic heterocycles. The first-order chi connectivity index (χ1) is 15.9. The minimum absolute atomic E-state index is 0.00745. The summed E-state index contributed by atoms with van der Waals surface area (Å²) in [7, 11) is 0. The molecular weight excluding hydrogens is 462 g/mol. The number of carbonyl (C=O) groups excluding carboxylic acids is 2. The molecule has 35 heavy (non-hydrogen) atoms. The molecule has 0 amide bonds. The van der Waals surface area contributed by atoms with E-state index < -0.39 is 75.6 Å². The quantitative estimate of drug-likeness (QED) is 0.548. The lowest BCUT2D eigenvalue weighted by Gasteiger charge is -2.62. The Bertz CT molecular complexity index is 1030. The molecular formula is C26H34F2O7. The van der Waals surface area contributed by atoms with Crippen molar-refractivity contribution in [2.45, 2.75) is 90.0 Å². The smallest absolute Gasteiger partial charge is 0.478 e. The molecule has 0 aromatic rings. The van der Waals surface area contributed by atoms with Gasteiger partial charge in [-0.25, -0.2) is 18.4 Å². The van der Waals surface area contributed by atoms with Gasteiger partial charge in [0.1, 0.15) is 11.8 Å².